The molecule has 0 bridgehead atoms. The molecule has 0 spiro atoms. The number of rotatable bonds is 4. The van der Waals surface area contributed by atoms with Crippen LogP contribution in [0.4, 0.5) is 10.8 Å². The molecule has 108 valence electrons. The number of anilines is 2. The van der Waals surface area contributed by atoms with Crippen LogP contribution in [0.5, 0.6) is 0 Å². The molecular weight excluding hydrogens is 294 g/mol. The van der Waals surface area contributed by atoms with Crippen LogP contribution in [0.25, 0.3) is 0 Å². The number of nitrogens with zero attached hydrogens (tertiary/aromatic N) is 1. The minimum absolute atomic E-state index is 0.145. The summed E-state index contributed by atoms with van der Waals surface area (Å²) in [6, 6.07) is 4.68. The van der Waals surface area contributed by atoms with Crippen LogP contribution in [0.3, 0.4) is 0 Å². The van der Waals surface area contributed by atoms with E-state index in [9.17, 15) is 8.42 Å². The van der Waals surface area contributed by atoms with Crippen LogP contribution < -0.4 is 10.5 Å². The smallest absolute Gasteiger partial charge is 0.263 e. The lowest BCUT2D eigenvalue weighted by Gasteiger charge is -2.07. The van der Waals surface area contributed by atoms with Crippen LogP contribution in [0, 0.1) is 13.8 Å². The highest BCUT2D eigenvalue weighted by Gasteiger charge is 2.17. The van der Waals surface area contributed by atoms with Crippen molar-refractivity contribution in [2.24, 2.45) is 0 Å². The summed E-state index contributed by atoms with van der Waals surface area (Å²) in [4.78, 5) is 5.44. The van der Waals surface area contributed by atoms with Gasteiger partial charge in [-0.1, -0.05) is 13.0 Å². The van der Waals surface area contributed by atoms with Gasteiger partial charge in [-0.3, -0.25) is 4.72 Å². The molecule has 2 aromatic rings. The molecule has 0 aliphatic rings. The van der Waals surface area contributed by atoms with E-state index in [0.717, 1.165) is 22.6 Å². The first-order chi connectivity index (χ1) is 9.33. The number of nitrogens with two attached hydrogens (primary N) is 1. The molecule has 0 amide bonds. The van der Waals surface area contributed by atoms with Crippen molar-refractivity contribution in [3.63, 3.8) is 0 Å². The van der Waals surface area contributed by atoms with Gasteiger partial charge in [0.25, 0.3) is 10.0 Å². The van der Waals surface area contributed by atoms with Gasteiger partial charge in [0.05, 0.1) is 10.6 Å². The molecule has 1 aromatic heterocycles. The molecule has 5 nitrogen and oxygen atoms in total. The Kier molecular flexibility index (Phi) is 4.01. The number of sulfonamides is 1. The maximum absolute atomic E-state index is 12.3. The number of nitrogens with one attached hydrogen (secondary N) is 1. The molecular formula is C13H17N3O2S2. The summed E-state index contributed by atoms with van der Waals surface area (Å²) in [7, 11) is -3.65. The summed E-state index contributed by atoms with van der Waals surface area (Å²) < 4.78 is 27.0. The van der Waals surface area contributed by atoms with Crippen molar-refractivity contribution in [2.45, 2.75) is 32.1 Å². The van der Waals surface area contributed by atoms with Gasteiger partial charge in [-0.25, -0.2) is 13.4 Å². The molecule has 7 heteroatoms. The normalized spacial score (nSPS) is 11.6. The van der Waals surface area contributed by atoms with Crippen LogP contribution in [0.2, 0.25) is 0 Å². The van der Waals surface area contributed by atoms with E-state index in [-0.39, 0.29) is 4.90 Å². The van der Waals surface area contributed by atoms with Crippen molar-refractivity contribution in [1.29, 1.82) is 0 Å². The molecule has 0 radical (unpaired) electrons. The van der Waals surface area contributed by atoms with E-state index in [1.807, 2.05) is 20.8 Å². The fourth-order valence-electron chi connectivity index (χ4n) is 1.76. The molecule has 2 rings (SSSR count). The quantitative estimate of drug-likeness (QED) is 0.850. The summed E-state index contributed by atoms with van der Waals surface area (Å²) in [6.45, 7) is 5.75. The summed E-state index contributed by atoms with van der Waals surface area (Å²) in [5.41, 5.74) is 7.97. The van der Waals surface area contributed by atoms with Crippen molar-refractivity contribution in [3.05, 3.63) is 34.3 Å². The minimum atomic E-state index is -3.65. The molecule has 0 fully saturated rings. The molecule has 0 aliphatic carbocycles. The van der Waals surface area contributed by atoms with E-state index in [0.29, 0.717) is 10.8 Å². The number of aryl methyl sites for hydroxylation is 3. The maximum atomic E-state index is 12.3. The molecule has 0 aliphatic heterocycles. The van der Waals surface area contributed by atoms with Gasteiger partial charge in [0.1, 0.15) is 0 Å². The van der Waals surface area contributed by atoms with Crippen molar-refractivity contribution < 1.29 is 8.42 Å². The zero-order chi connectivity index (χ0) is 14.9. The zero-order valence-electron chi connectivity index (χ0n) is 11.6. The molecule has 0 atom stereocenters. The van der Waals surface area contributed by atoms with Crippen molar-refractivity contribution >= 4 is 32.2 Å². The number of hydrogen-bond acceptors (Lipinski definition) is 5. The number of hydrogen-bond donors (Lipinski definition) is 2. The summed E-state index contributed by atoms with van der Waals surface area (Å²) in [5, 5.41) is 0.387. The largest absolute Gasteiger partial charge is 0.398 e. The fourth-order valence-corrected chi connectivity index (χ4v) is 3.93. The summed E-state index contributed by atoms with van der Waals surface area (Å²) >= 11 is 1.34. The second-order valence-electron chi connectivity index (χ2n) is 4.50. The third-order valence-electron chi connectivity index (χ3n) is 3.01. The highest BCUT2D eigenvalue weighted by atomic mass is 32.2. The van der Waals surface area contributed by atoms with Gasteiger partial charge in [0, 0.05) is 10.6 Å². The minimum Gasteiger partial charge on any atom is -0.398 e. The first kappa shape index (κ1) is 14.8. The maximum Gasteiger partial charge on any atom is 0.263 e. The Balaban J connectivity index is 2.32. The molecule has 0 unspecified atom stereocenters. The lowest BCUT2D eigenvalue weighted by molar-refractivity contribution is 0.601. The van der Waals surface area contributed by atoms with E-state index in [2.05, 4.69) is 9.71 Å². The van der Waals surface area contributed by atoms with E-state index >= 15 is 0 Å². The second-order valence-corrected chi connectivity index (χ2v) is 7.38. The van der Waals surface area contributed by atoms with Crippen LogP contribution >= 0.6 is 11.3 Å². The molecule has 0 saturated heterocycles. The molecule has 20 heavy (non-hydrogen) atoms. The van der Waals surface area contributed by atoms with Gasteiger partial charge in [0.15, 0.2) is 5.13 Å². The lowest BCUT2D eigenvalue weighted by Crippen LogP contribution is -2.13. The highest BCUT2D eigenvalue weighted by Crippen LogP contribution is 2.26. The Bertz CT molecular complexity index is 736. The fraction of sp³-hybridized carbons (Fsp3) is 0.308. The van der Waals surface area contributed by atoms with Crippen molar-refractivity contribution in [3.8, 4) is 0 Å². The van der Waals surface area contributed by atoms with Crippen LogP contribution in [0.1, 0.15) is 23.1 Å². The van der Waals surface area contributed by atoms with E-state index in [1.165, 1.54) is 23.5 Å². The number of thiazole rings is 1. The van der Waals surface area contributed by atoms with Gasteiger partial charge in [0.2, 0.25) is 0 Å². The van der Waals surface area contributed by atoms with Gasteiger partial charge in [-0.15, -0.1) is 11.3 Å². The van der Waals surface area contributed by atoms with E-state index in [4.69, 9.17) is 5.73 Å². The highest BCUT2D eigenvalue weighted by molar-refractivity contribution is 7.93. The predicted octanol–water partition coefficient (Wildman–Crippen LogP) is 2.71. The second kappa shape index (κ2) is 5.41. The third-order valence-corrected chi connectivity index (χ3v) is 5.40. The topological polar surface area (TPSA) is 85.1 Å². The van der Waals surface area contributed by atoms with Gasteiger partial charge < -0.3 is 5.73 Å². The van der Waals surface area contributed by atoms with Crippen LogP contribution in [-0.2, 0) is 16.4 Å². The van der Waals surface area contributed by atoms with Gasteiger partial charge in [-0.2, -0.15) is 0 Å². The SMILES string of the molecule is CCc1nc(NS(=O)(=O)c2ccc(C)c(N)c2)sc1C. The zero-order valence-corrected chi connectivity index (χ0v) is 13.2. The van der Waals surface area contributed by atoms with Crippen LogP contribution in [0.15, 0.2) is 23.1 Å². The standard InChI is InChI=1S/C13H17N3O2S2/c1-4-12-9(3)19-13(15-12)16-20(17,18)10-6-5-8(2)11(14)7-10/h5-7H,4,14H2,1-3H3,(H,15,16). The first-order valence-corrected chi connectivity index (χ1v) is 8.48. The number of nitrogen functional groups attached to an aromatic ring is 1. The summed E-state index contributed by atoms with van der Waals surface area (Å²) in [5.74, 6) is 0. The van der Waals surface area contributed by atoms with E-state index < -0.39 is 10.0 Å². The van der Waals surface area contributed by atoms with Crippen molar-refractivity contribution in [1.82, 2.24) is 4.98 Å². The molecule has 1 aromatic carbocycles. The Morgan fingerprint density at radius 3 is 2.60 bits per heavy atom. The Morgan fingerprint density at radius 1 is 1.35 bits per heavy atom. The Labute approximate surface area is 122 Å². The van der Waals surface area contributed by atoms with Gasteiger partial charge in [-0.05, 0) is 38.0 Å². The lowest BCUT2D eigenvalue weighted by atomic mass is 10.2. The van der Waals surface area contributed by atoms with E-state index in [1.54, 1.807) is 6.07 Å². The van der Waals surface area contributed by atoms with Crippen molar-refractivity contribution in [2.75, 3.05) is 10.5 Å². The average Bonchev–Trinajstić information content (AvgIpc) is 2.71. The molecule has 3 N–H and O–H groups in total. The Hall–Kier alpha value is -1.60. The average molecular weight is 311 g/mol. The van der Waals surface area contributed by atoms with Crippen LogP contribution in [-0.4, -0.2) is 13.4 Å². The number of aromatic nitrogens is 1. The Morgan fingerprint density at radius 2 is 2.05 bits per heavy atom. The molecule has 0 saturated carbocycles. The molecule has 1 heterocycles. The number of benzene rings is 1. The first-order valence-electron chi connectivity index (χ1n) is 6.18. The third kappa shape index (κ3) is 2.94. The van der Waals surface area contributed by atoms with Gasteiger partial charge >= 0.3 is 0 Å². The monoisotopic (exact) mass is 311 g/mol. The predicted molar refractivity (Wildman–Crippen MR) is 82.6 cm³/mol. The summed E-state index contributed by atoms with van der Waals surface area (Å²) in [6.07, 6.45) is 0.779.